The average molecular weight is 341 g/mol. The zero-order valence-corrected chi connectivity index (χ0v) is 14.6. The Labute approximate surface area is 147 Å². The molecule has 132 valence electrons. The second kappa shape index (κ2) is 7.51. The number of furan rings is 1. The standard InChI is InChI=1S/C19H23N3O3/c1-13-11-16(14(2)25-13)19(24)22-10-6-4-8-17(22)18(23)21-12-15-7-3-5-9-20-15/h3,5,7,9,11,17H,4,6,8,10,12H2,1-2H3,(H,21,23). The number of aryl methyl sites for hydroxylation is 2. The first-order chi connectivity index (χ1) is 12.1. The molecule has 0 bridgehead atoms. The van der Waals surface area contributed by atoms with Gasteiger partial charge >= 0.3 is 0 Å². The van der Waals surface area contributed by atoms with Gasteiger partial charge in [0.25, 0.3) is 5.91 Å². The molecule has 0 aliphatic carbocycles. The van der Waals surface area contributed by atoms with Crippen LogP contribution in [-0.2, 0) is 11.3 Å². The summed E-state index contributed by atoms with van der Waals surface area (Å²) in [5.41, 5.74) is 1.34. The van der Waals surface area contributed by atoms with E-state index in [1.807, 2.05) is 25.1 Å². The van der Waals surface area contributed by atoms with Gasteiger partial charge in [-0.2, -0.15) is 0 Å². The predicted octanol–water partition coefficient (Wildman–Crippen LogP) is 2.60. The van der Waals surface area contributed by atoms with Crippen molar-refractivity contribution in [2.24, 2.45) is 0 Å². The molecular formula is C19H23N3O3. The number of pyridine rings is 1. The zero-order valence-electron chi connectivity index (χ0n) is 14.6. The van der Waals surface area contributed by atoms with E-state index < -0.39 is 6.04 Å². The second-order valence-corrected chi connectivity index (χ2v) is 6.38. The molecule has 0 radical (unpaired) electrons. The largest absolute Gasteiger partial charge is 0.466 e. The lowest BCUT2D eigenvalue weighted by atomic mass is 10.00. The number of hydrogen-bond donors (Lipinski definition) is 1. The van der Waals surface area contributed by atoms with Crippen LogP contribution in [0.4, 0.5) is 0 Å². The quantitative estimate of drug-likeness (QED) is 0.927. The van der Waals surface area contributed by atoms with E-state index in [4.69, 9.17) is 4.42 Å². The highest BCUT2D eigenvalue weighted by atomic mass is 16.3. The summed E-state index contributed by atoms with van der Waals surface area (Å²) >= 11 is 0. The maximum atomic E-state index is 12.9. The first-order valence-electron chi connectivity index (χ1n) is 8.62. The minimum atomic E-state index is -0.445. The Morgan fingerprint density at radius 2 is 2.16 bits per heavy atom. The van der Waals surface area contributed by atoms with E-state index in [9.17, 15) is 9.59 Å². The van der Waals surface area contributed by atoms with Crippen LogP contribution in [0, 0.1) is 13.8 Å². The lowest BCUT2D eigenvalue weighted by Crippen LogP contribution is -2.51. The van der Waals surface area contributed by atoms with Gasteiger partial charge in [0.15, 0.2) is 0 Å². The molecule has 2 amide bonds. The van der Waals surface area contributed by atoms with Crippen molar-refractivity contribution in [3.63, 3.8) is 0 Å². The van der Waals surface area contributed by atoms with Gasteiger partial charge in [0.05, 0.1) is 17.8 Å². The maximum Gasteiger partial charge on any atom is 0.258 e. The van der Waals surface area contributed by atoms with E-state index in [-0.39, 0.29) is 11.8 Å². The van der Waals surface area contributed by atoms with Gasteiger partial charge in [-0.25, -0.2) is 0 Å². The first kappa shape index (κ1) is 17.2. The van der Waals surface area contributed by atoms with E-state index in [0.717, 1.165) is 18.5 Å². The Hall–Kier alpha value is -2.63. The number of amides is 2. The minimum absolute atomic E-state index is 0.128. The Bertz CT molecular complexity index is 755. The number of nitrogens with zero attached hydrogens (tertiary/aromatic N) is 2. The molecule has 3 heterocycles. The van der Waals surface area contributed by atoms with Gasteiger partial charge in [-0.05, 0) is 51.3 Å². The van der Waals surface area contributed by atoms with Crippen molar-refractivity contribution in [1.82, 2.24) is 15.2 Å². The Morgan fingerprint density at radius 1 is 1.32 bits per heavy atom. The lowest BCUT2D eigenvalue weighted by molar-refractivity contribution is -0.126. The van der Waals surface area contributed by atoms with Crippen molar-refractivity contribution < 1.29 is 14.0 Å². The fourth-order valence-corrected chi connectivity index (χ4v) is 3.24. The molecule has 1 atom stereocenters. The zero-order chi connectivity index (χ0) is 17.8. The van der Waals surface area contributed by atoms with Gasteiger partial charge in [-0.3, -0.25) is 14.6 Å². The third-order valence-corrected chi connectivity index (χ3v) is 4.51. The van der Waals surface area contributed by atoms with Crippen LogP contribution in [0.3, 0.4) is 0 Å². The van der Waals surface area contributed by atoms with Gasteiger partial charge in [0, 0.05) is 12.7 Å². The van der Waals surface area contributed by atoms with Crippen LogP contribution < -0.4 is 5.32 Å². The summed E-state index contributed by atoms with van der Waals surface area (Å²) in [5.74, 6) is 1.04. The molecule has 1 aliphatic rings. The molecule has 1 saturated heterocycles. The van der Waals surface area contributed by atoms with Crippen molar-refractivity contribution in [1.29, 1.82) is 0 Å². The molecule has 3 rings (SSSR count). The van der Waals surface area contributed by atoms with Gasteiger partial charge in [-0.1, -0.05) is 6.07 Å². The number of likely N-dealkylation sites (tertiary alicyclic amines) is 1. The highest BCUT2D eigenvalue weighted by Crippen LogP contribution is 2.23. The van der Waals surface area contributed by atoms with Crippen LogP contribution in [0.5, 0.6) is 0 Å². The van der Waals surface area contributed by atoms with Crippen molar-refractivity contribution >= 4 is 11.8 Å². The number of carbonyl (C=O) groups is 2. The molecule has 2 aromatic heterocycles. The fraction of sp³-hybridized carbons (Fsp3) is 0.421. The Morgan fingerprint density at radius 3 is 2.84 bits per heavy atom. The van der Waals surface area contributed by atoms with Crippen LogP contribution >= 0.6 is 0 Å². The van der Waals surface area contributed by atoms with Crippen molar-refractivity contribution in [2.45, 2.75) is 45.7 Å². The second-order valence-electron chi connectivity index (χ2n) is 6.38. The van der Waals surface area contributed by atoms with Crippen LogP contribution in [-0.4, -0.2) is 34.3 Å². The van der Waals surface area contributed by atoms with E-state index in [2.05, 4.69) is 10.3 Å². The number of aromatic nitrogens is 1. The minimum Gasteiger partial charge on any atom is -0.466 e. The number of nitrogens with one attached hydrogen (secondary N) is 1. The van der Waals surface area contributed by atoms with Crippen LogP contribution in [0.15, 0.2) is 34.9 Å². The van der Waals surface area contributed by atoms with E-state index in [1.165, 1.54) is 0 Å². The predicted molar refractivity (Wildman–Crippen MR) is 92.9 cm³/mol. The third-order valence-electron chi connectivity index (χ3n) is 4.51. The molecule has 1 aliphatic heterocycles. The van der Waals surface area contributed by atoms with Gasteiger partial charge in [0.1, 0.15) is 17.6 Å². The summed E-state index contributed by atoms with van der Waals surface area (Å²) in [5, 5.41) is 2.91. The SMILES string of the molecule is Cc1cc(C(=O)N2CCCCC2C(=O)NCc2ccccn2)c(C)o1. The fourth-order valence-electron chi connectivity index (χ4n) is 3.24. The highest BCUT2D eigenvalue weighted by Gasteiger charge is 2.33. The topological polar surface area (TPSA) is 75.4 Å². The van der Waals surface area contributed by atoms with Crippen molar-refractivity contribution in [3.8, 4) is 0 Å². The molecule has 25 heavy (non-hydrogen) atoms. The average Bonchev–Trinajstić information content (AvgIpc) is 2.98. The Kier molecular flexibility index (Phi) is 5.16. The summed E-state index contributed by atoms with van der Waals surface area (Å²) in [4.78, 5) is 31.4. The molecule has 0 spiro atoms. The Balaban J connectivity index is 1.70. The molecule has 1 unspecified atom stereocenters. The van der Waals surface area contributed by atoms with Crippen LogP contribution in [0.1, 0.15) is 46.8 Å². The lowest BCUT2D eigenvalue weighted by Gasteiger charge is -2.34. The third kappa shape index (κ3) is 3.90. The van der Waals surface area contributed by atoms with E-state index in [1.54, 1.807) is 24.1 Å². The van der Waals surface area contributed by atoms with Gasteiger partial charge < -0.3 is 14.6 Å². The molecular weight excluding hydrogens is 318 g/mol. The number of piperidine rings is 1. The summed E-state index contributed by atoms with van der Waals surface area (Å²) in [7, 11) is 0. The first-order valence-corrected chi connectivity index (χ1v) is 8.62. The number of rotatable bonds is 4. The van der Waals surface area contributed by atoms with E-state index >= 15 is 0 Å². The van der Waals surface area contributed by atoms with Gasteiger partial charge in [0.2, 0.25) is 5.91 Å². The number of carbonyl (C=O) groups excluding carboxylic acids is 2. The summed E-state index contributed by atoms with van der Waals surface area (Å²) in [6, 6.07) is 6.88. The monoisotopic (exact) mass is 341 g/mol. The smallest absolute Gasteiger partial charge is 0.258 e. The molecule has 6 nitrogen and oxygen atoms in total. The summed E-state index contributed by atoms with van der Waals surface area (Å²) in [6.07, 6.45) is 4.22. The van der Waals surface area contributed by atoms with E-state index in [0.29, 0.717) is 36.6 Å². The molecule has 6 heteroatoms. The van der Waals surface area contributed by atoms with Gasteiger partial charge in [-0.15, -0.1) is 0 Å². The molecule has 1 N–H and O–H groups in total. The number of hydrogen-bond acceptors (Lipinski definition) is 4. The van der Waals surface area contributed by atoms with Crippen molar-refractivity contribution in [3.05, 3.63) is 53.2 Å². The maximum absolute atomic E-state index is 12.9. The normalized spacial score (nSPS) is 17.4. The molecule has 0 aromatic carbocycles. The molecule has 1 fully saturated rings. The van der Waals surface area contributed by atoms with Crippen molar-refractivity contribution in [2.75, 3.05) is 6.54 Å². The highest BCUT2D eigenvalue weighted by molar-refractivity contribution is 5.98. The molecule has 2 aromatic rings. The van der Waals surface area contributed by atoms with Crippen LogP contribution in [0.25, 0.3) is 0 Å². The molecule has 0 saturated carbocycles. The van der Waals surface area contributed by atoms with Crippen LogP contribution in [0.2, 0.25) is 0 Å². The summed E-state index contributed by atoms with van der Waals surface area (Å²) in [6.45, 7) is 4.55. The summed E-state index contributed by atoms with van der Waals surface area (Å²) < 4.78 is 5.47.